The molecule has 8 rings (SSSR count). The summed E-state index contributed by atoms with van der Waals surface area (Å²) in [5.74, 6) is 0. The van der Waals surface area contributed by atoms with Gasteiger partial charge in [0.05, 0.1) is 5.65 Å². The van der Waals surface area contributed by atoms with Crippen molar-refractivity contribution in [2.75, 3.05) is 0 Å². The van der Waals surface area contributed by atoms with Crippen LogP contribution in [0.25, 0.3) is 71.4 Å². The summed E-state index contributed by atoms with van der Waals surface area (Å²) in [6.45, 7) is 3.17. The van der Waals surface area contributed by atoms with E-state index >= 15 is 0 Å². The third-order valence-corrected chi connectivity index (χ3v) is 7.88. The Hall–Kier alpha value is -4.24. The van der Waals surface area contributed by atoms with Crippen molar-refractivity contribution in [2.45, 2.75) is 13.5 Å². The van der Waals surface area contributed by atoms with Gasteiger partial charge in [-0.3, -0.25) is 4.98 Å². The number of imidazole rings is 1. The van der Waals surface area contributed by atoms with E-state index in [9.17, 15) is 0 Å². The molecule has 39 heavy (non-hydrogen) atoms. The van der Waals surface area contributed by atoms with Gasteiger partial charge in [-0.25, -0.2) is 0 Å². The molecule has 8 aromatic rings. The SMILES string of the molecule is CCn1c2ccccc2c2cc(-c3cccc(-c4c[c-]c5c(c4)c4ccccc4n4ccnc54)c3)ccc21.[Ir]. The average molecular weight is 679 g/mol. The average Bonchev–Trinajstić information content (AvgIpc) is 3.60. The Morgan fingerprint density at radius 2 is 1.31 bits per heavy atom. The summed E-state index contributed by atoms with van der Waals surface area (Å²) in [5.41, 5.74) is 9.47. The van der Waals surface area contributed by atoms with Crippen LogP contribution >= 0.6 is 0 Å². The summed E-state index contributed by atoms with van der Waals surface area (Å²) >= 11 is 0. The molecule has 3 heterocycles. The number of para-hydroxylation sites is 2. The van der Waals surface area contributed by atoms with E-state index in [2.05, 4.69) is 130 Å². The monoisotopic (exact) mass is 679 g/mol. The Kier molecular flexibility index (Phi) is 5.62. The van der Waals surface area contributed by atoms with E-state index in [1.54, 1.807) is 0 Å². The molecule has 0 N–H and O–H groups in total. The first-order valence-electron chi connectivity index (χ1n) is 13.1. The van der Waals surface area contributed by atoms with E-state index in [-0.39, 0.29) is 20.1 Å². The fraction of sp³-hybridized carbons (Fsp3) is 0.0571. The first-order valence-corrected chi connectivity index (χ1v) is 13.1. The van der Waals surface area contributed by atoms with Crippen molar-refractivity contribution in [3.05, 3.63) is 122 Å². The first kappa shape index (κ1) is 23.8. The molecule has 5 aromatic carbocycles. The number of fused-ring (bicyclic) bond motifs is 9. The maximum Gasteiger partial charge on any atom is 0.0608 e. The van der Waals surface area contributed by atoms with E-state index in [0.29, 0.717) is 0 Å². The fourth-order valence-electron chi connectivity index (χ4n) is 6.11. The van der Waals surface area contributed by atoms with Crippen LogP contribution in [0.15, 0.2) is 116 Å². The molecule has 0 atom stereocenters. The van der Waals surface area contributed by atoms with Gasteiger partial charge in [0.2, 0.25) is 0 Å². The van der Waals surface area contributed by atoms with Crippen molar-refractivity contribution in [1.82, 2.24) is 14.0 Å². The maximum absolute atomic E-state index is 4.64. The molecule has 0 aliphatic rings. The summed E-state index contributed by atoms with van der Waals surface area (Å²) in [4.78, 5) is 4.64. The van der Waals surface area contributed by atoms with E-state index < -0.39 is 0 Å². The van der Waals surface area contributed by atoms with Crippen molar-refractivity contribution >= 4 is 49.1 Å². The second kappa shape index (κ2) is 9.20. The molecule has 0 aliphatic carbocycles. The van der Waals surface area contributed by atoms with Gasteiger partial charge in [-0.2, -0.15) is 0 Å². The van der Waals surface area contributed by atoms with Gasteiger partial charge in [0.1, 0.15) is 0 Å². The Labute approximate surface area is 239 Å². The van der Waals surface area contributed by atoms with Gasteiger partial charge >= 0.3 is 0 Å². The van der Waals surface area contributed by atoms with Crippen LogP contribution in [0, 0.1) is 6.07 Å². The zero-order valence-corrected chi connectivity index (χ0v) is 23.7. The topological polar surface area (TPSA) is 22.2 Å². The van der Waals surface area contributed by atoms with Gasteiger partial charge in [0.25, 0.3) is 0 Å². The molecule has 0 aliphatic heterocycles. The number of hydrogen-bond donors (Lipinski definition) is 0. The number of aryl methyl sites for hydroxylation is 1. The Morgan fingerprint density at radius 3 is 2.13 bits per heavy atom. The molecule has 0 fully saturated rings. The van der Waals surface area contributed by atoms with Gasteiger partial charge < -0.3 is 8.97 Å². The zero-order valence-electron chi connectivity index (χ0n) is 21.4. The van der Waals surface area contributed by atoms with Gasteiger partial charge in [-0.05, 0) is 47.7 Å². The van der Waals surface area contributed by atoms with Crippen LogP contribution in [-0.4, -0.2) is 14.0 Å². The third-order valence-electron chi connectivity index (χ3n) is 7.88. The second-order valence-electron chi connectivity index (χ2n) is 9.89. The summed E-state index contributed by atoms with van der Waals surface area (Å²) in [6.07, 6.45) is 3.89. The molecular weight excluding hydrogens is 655 g/mol. The molecule has 3 aromatic heterocycles. The molecule has 3 nitrogen and oxygen atoms in total. The number of benzene rings is 5. The van der Waals surface area contributed by atoms with Crippen LogP contribution < -0.4 is 0 Å². The zero-order chi connectivity index (χ0) is 25.2. The van der Waals surface area contributed by atoms with Crippen LogP contribution in [-0.2, 0) is 26.7 Å². The molecule has 0 unspecified atom stereocenters. The summed E-state index contributed by atoms with van der Waals surface area (Å²) in [7, 11) is 0. The third kappa shape index (κ3) is 3.56. The predicted molar refractivity (Wildman–Crippen MR) is 159 cm³/mol. The molecule has 0 saturated carbocycles. The van der Waals surface area contributed by atoms with Crippen LogP contribution in [0.5, 0.6) is 0 Å². The molecule has 0 saturated heterocycles. The van der Waals surface area contributed by atoms with Gasteiger partial charge in [-0.1, -0.05) is 83.2 Å². The van der Waals surface area contributed by atoms with E-state index in [1.165, 1.54) is 49.3 Å². The molecule has 0 spiro atoms. The van der Waals surface area contributed by atoms with Crippen molar-refractivity contribution in [3.8, 4) is 22.3 Å². The van der Waals surface area contributed by atoms with Crippen molar-refractivity contribution < 1.29 is 20.1 Å². The van der Waals surface area contributed by atoms with Crippen LogP contribution in [0.1, 0.15) is 6.92 Å². The molecule has 189 valence electrons. The number of hydrogen-bond acceptors (Lipinski definition) is 1. The maximum atomic E-state index is 4.64. The summed E-state index contributed by atoms with van der Waals surface area (Å²) < 4.78 is 4.55. The molecule has 0 amide bonds. The largest absolute Gasteiger partial charge is 0.341 e. The van der Waals surface area contributed by atoms with Crippen molar-refractivity contribution in [2.24, 2.45) is 0 Å². The number of nitrogens with zero attached hydrogens (tertiary/aromatic N) is 3. The van der Waals surface area contributed by atoms with Crippen molar-refractivity contribution in [1.29, 1.82) is 0 Å². The molecule has 0 bridgehead atoms. The van der Waals surface area contributed by atoms with E-state index in [4.69, 9.17) is 0 Å². The van der Waals surface area contributed by atoms with Gasteiger partial charge in [0, 0.05) is 66.4 Å². The number of pyridine rings is 1. The second-order valence-corrected chi connectivity index (χ2v) is 9.89. The van der Waals surface area contributed by atoms with E-state index in [1.807, 2.05) is 12.4 Å². The Balaban J connectivity index is 0.00000253. The smallest absolute Gasteiger partial charge is 0.0608 e. The predicted octanol–water partition coefficient (Wildman–Crippen LogP) is 8.90. The van der Waals surface area contributed by atoms with Gasteiger partial charge in [0.15, 0.2) is 0 Å². The minimum Gasteiger partial charge on any atom is -0.341 e. The van der Waals surface area contributed by atoms with Crippen molar-refractivity contribution in [3.63, 3.8) is 0 Å². The molecular formula is C35H24IrN3-. The first-order chi connectivity index (χ1) is 18.8. The van der Waals surface area contributed by atoms with Crippen LogP contribution in [0.2, 0.25) is 0 Å². The normalized spacial score (nSPS) is 11.6. The standard InChI is InChI=1S/C35H24N3.Ir/c1-2-37-32-12-5-4-11-28(32)31-22-26(15-17-34(31)37)24-9-7-8-23(20-24)25-14-16-29-30(21-25)27-10-3-6-13-33(27)38-19-18-36-35(29)38;/h3-15,17-22H,2H2,1H3;/q-1;. The molecule has 4 heteroatoms. The number of aromatic nitrogens is 3. The quantitative estimate of drug-likeness (QED) is 0.135. The van der Waals surface area contributed by atoms with E-state index in [0.717, 1.165) is 28.7 Å². The summed E-state index contributed by atoms with van der Waals surface area (Å²) in [5, 5.41) is 6.05. The summed E-state index contributed by atoms with van der Waals surface area (Å²) in [6, 6.07) is 40.9. The van der Waals surface area contributed by atoms with Crippen LogP contribution in [0.3, 0.4) is 0 Å². The molecule has 1 radical (unpaired) electrons. The van der Waals surface area contributed by atoms with Gasteiger partial charge in [-0.15, -0.1) is 23.6 Å². The fourth-order valence-corrected chi connectivity index (χ4v) is 6.11. The minimum atomic E-state index is 0. The Bertz CT molecular complexity index is 2180. The number of rotatable bonds is 3. The minimum absolute atomic E-state index is 0. The van der Waals surface area contributed by atoms with Crippen LogP contribution in [0.4, 0.5) is 0 Å². The Morgan fingerprint density at radius 1 is 0.641 bits per heavy atom.